The Labute approximate surface area is 216 Å². The molecule has 4 atom stereocenters. The highest BCUT2D eigenvalue weighted by molar-refractivity contribution is 5.99. The smallest absolute Gasteiger partial charge is 0.344 e. The Balaban J connectivity index is 4.08. The third kappa shape index (κ3) is 15.2. The summed E-state index contributed by atoms with van der Waals surface area (Å²) >= 11 is 0. The number of esters is 6. The summed E-state index contributed by atoms with van der Waals surface area (Å²) in [7, 11) is 0. The van der Waals surface area contributed by atoms with Gasteiger partial charge >= 0.3 is 35.8 Å². The van der Waals surface area contributed by atoms with E-state index >= 15 is 0 Å². The van der Waals surface area contributed by atoms with Crippen molar-refractivity contribution in [2.45, 2.75) is 65.0 Å². The van der Waals surface area contributed by atoms with Crippen molar-refractivity contribution in [3.05, 3.63) is 0 Å². The number of ether oxygens (including phenoxy) is 6. The van der Waals surface area contributed by atoms with Crippen LogP contribution in [0.4, 0.5) is 0 Å². The van der Waals surface area contributed by atoms with Crippen LogP contribution in [0, 0.1) is 0 Å². The molecule has 0 aliphatic heterocycles. The first-order valence-corrected chi connectivity index (χ1v) is 11.1. The molecule has 0 fully saturated rings. The standard InChI is InChI=1S/C22H30O16/c1-11(23)21(31)37-13(3)15(25)7-17(27)35-9-19(29)33-5-6-34-20(30)10-36-18(28)8-16(26)14(4)38-22(32)12(2)24/h11-14,23-24H,5-10H2,1-4H3. The average molecular weight is 550 g/mol. The predicted octanol–water partition coefficient (Wildman–Crippen LogP) is -2.30. The third-order valence-corrected chi connectivity index (χ3v) is 4.12. The Morgan fingerprint density at radius 2 is 0.842 bits per heavy atom. The van der Waals surface area contributed by atoms with Crippen molar-refractivity contribution in [2.75, 3.05) is 26.4 Å². The van der Waals surface area contributed by atoms with Crippen LogP contribution in [0.1, 0.15) is 40.5 Å². The number of hydrogen-bond donors (Lipinski definition) is 2. The van der Waals surface area contributed by atoms with Crippen LogP contribution < -0.4 is 0 Å². The maximum Gasteiger partial charge on any atom is 0.344 e. The monoisotopic (exact) mass is 550 g/mol. The van der Waals surface area contributed by atoms with Crippen molar-refractivity contribution in [1.82, 2.24) is 0 Å². The second-order valence-electron chi connectivity index (χ2n) is 7.56. The number of rotatable bonds is 17. The van der Waals surface area contributed by atoms with Gasteiger partial charge in [0.1, 0.15) is 38.3 Å². The van der Waals surface area contributed by atoms with E-state index in [1.807, 2.05) is 0 Å². The highest BCUT2D eigenvalue weighted by Crippen LogP contribution is 2.03. The van der Waals surface area contributed by atoms with Gasteiger partial charge in [0.15, 0.2) is 37.0 Å². The van der Waals surface area contributed by atoms with Crippen molar-refractivity contribution in [3.8, 4) is 0 Å². The first-order chi connectivity index (χ1) is 17.6. The summed E-state index contributed by atoms with van der Waals surface area (Å²) < 4.78 is 27.6. The van der Waals surface area contributed by atoms with Crippen LogP contribution in [0.25, 0.3) is 0 Å². The molecule has 0 heterocycles. The van der Waals surface area contributed by atoms with Gasteiger partial charge in [-0.15, -0.1) is 0 Å². The number of ketones is 2. The predicted molar refractivity (Wildman–Crippen MR) is 118 cm³/mol. The number of carbonyl (C=O) groups is 8. The molecule has 0 aromatic heterocycles. The minimum atomic E-state index is -1.46. The van der Waals surface area contributed by atoms with Crippen LogP contribution in [0.2, 0.25) is 0 Å². The molecule has 0 radical (unpaired) electrons. The van der Waals surface area contributed by atoms with Crippen LogP contribution in [-0.2, 0) is 66.8 Å². The van der Waals surface area contributed by atoms with E-state index < -0.39 is 111 Å². The number of carbonyl (C=O) groups excluding carboxylic acids is 8. The fraction of sp³-hybridized carbons (Fsp3) is 0.636. The van der Waals surface area contributed by atoms with Gasteiger partial charge in [-0.25, -0.2) is 19.2 Å². The molecule has 0 aliphatic carbocycles. The highest BCUT2D eigenvalue weighted by Gasteiger charge is 2.25. The summed E-state index contributed by atoms with van der Waals surface area (Å²) in [6, 6.07) is 0. The fourth-order valence-electron chi connectivity index (χ4n) is 2.02. The molecule has 0 aromatic rings. The Kier molecular flexibility index (Phi) is 15.7. The lowest BCUT2D eigenvalue weighted by molar-refractivity contribution is -0.166. The molecule has 16 nitrogen and oxygen atoms in total. The second-order valence-corrected chi connectivity index (χ2v) is 7.56. The molecular formula is C22H30O16. The van der Waals surface area contributed by atoms with E-state index in [4.69, 9.17) is 10.2 Å². The van der Waals surface area contributed by atoms with E-state index in [1.54, 1.807) is 0 Å². The normalized spacial score (nSPS) is 13.5. The van der Waals surface area contributed by atoms with E-state index in [2.05, 4.69) is 28.4 Å². The van der Waals surface area contributed by atoms with Crippen molar-refractivity contribution < 1.29 is 77.0 Å². The number of Topliss-reactive ketones (excluding diaryl/α,β-unsaturated/α-hetero) is 2. The summed E-state index contributed by atoms with van der Waals surface area (Å²) in [5.41, 5.74) is 0. The largest absolute Gasteiger partial charge is 0.460 e. The Hall–Kier alpha value is -3.92. The van der Waals surface area contributed by atoms with Crippen LogP contribution >= 0.6 is 0 Å². The highest BCUT2D eigenvalue weighted by atomic mass is 16.6. The van der Waals surface area contributed by atoms with E-state index in [0.29, 0.717) is 0 Å². The van der Waals surface area contributed by atoms with Gasteiger partial charge in [-0.1, -0.05) is 0 Å². The molecule has 16 heteroatoms. The van der Waals surface area contributed by atoms with Gasteiger partial charge in [-0.2, -0.15) is 0 Å². The van der Waals surface area contributed by atoms with E-state index in [0.717, 1.165) is 13.8 Å². The average Bonchev–Trinajstić information content (AvgIpc) is 2.83. The van der Waals surface area contributed by atoms with Crippen LogP contribution in [0.3, 0.4) is 0 Å². The van der Waals surface area contributed by atoms with Gasteiger partial charge in [0.05, 0.1) is 0 Å². The quantitative estimate of drug-likeness (QED) is 0.0838. The summed E-state index contributed by atoms with van der Waals surface area (Å²) in [6.07, 6.45) is -7.18. The molecule has 0 aliphatic rings. The maximum absolute atomic E-state index is 11.8. The molecule has 0 saturated heterocycles. The van der Waals surface area contributed by atoms with Crippen molar-refractivity contribution in [2.24, 2.45) is 0 Å². The van der Waals surface area contributed by atoms with Gasteiger partial charge in [-0.05, 0) is 27.7 Å². The second kappa shape index (κ2) is 17.5. The van der Waals surface area contributed by atoms with Gasteiger partial charge in [0.2, 0.25) is 0 Å². The SMILES string of the molecule is CC(O)C(=O)OC(C)C(=O)CC(=O)OCC(=O)OCCOC(=O)COC(=O)CC(=O)C(C)OC(=O)C(C)O. The number of hydrogen-bond acceptors (Lipinski definition) is 16. The molecule has 4 unspecified atom stereocenters. The zero-order valence-corrected chi connectivity index (χ0v) is 21.2. The van der Waals surface area contributed by atoms with Gasteiger partial charge in [-0.3, -0.25) is 19.2 Å². The maximum atomic E-state index is 11.8. The van der Waals surface area contributed by atoms with Crippen molar-refractivity contribution in [3.63, 3.8) is 0 Å². The Morgan fingerprint density at radius 3 is 1.13 bits per heavy atom. The minimum absolute atomic E-state index is 0.452. The lowest BCUT2D eigenvalue weighted by Gasteiger charge is -2.13. The third-order valence-electron chi connectivity index (χ3n) is 4.12. The first-order valence-electron chi connectivity index (χ1n) is 11.1. The van der Waals surface area contributed by atoms with E-state index in [9.17, 15) is 38.4 Å². The van der Waals surface area contributed by atoms with Gasteiger partial charge in [0, 0.05) is 0 Å². The topological polar surface area (TPSA) is 232 Å². The zero-order valence-electron chi connectivity index (χ0n) is 21.2. The molecule has 0 amide bonds. The van der Waals surface area contributed by atoms with Gasteiger partial charge < -0.3 is 38.6 Å². The minimum Gasteiger partial charge on any atom is -0.460 e. The first kappa shape index (κ1) is 34.1. The van der Waals surface area contributed by atoms with Crippen molar-refractivity contribution in [1.29, 1.82) is 0 Å². The van der Waals surface area contributed by atoms with E-state index in [-0.39, 0.29) is 0 Å². The molecule has 0 spiro atoms. The molecule has 0 saturated carbocycles. The van der Waals surface area contributed by atoms with E-state index in [1.165, 1.54) is 13.8 Å². The molecular weight excluding hydrogens is 520 g/mol. The lowest BCUT2D eigenvalue weighted by atomic mass is 10.2. The number of aliphatic hydroxyl groups excluding tert-OH is 2. The van der Waals surface area contributed by atoms with Crippen molar-refractivity contribution >= 4 is 47.4 Å². The molecule has 0 bridgehead atoms. The van der Waals surface area contributed by atoms with Crippen LogP contribution in [0.5, 0.6) is 0 Å². The lowest BCUT2D eigenvalue weighted by Crippen LogP contribution is -2.31. The van der Waals surface area contributed by atoms with Crippen LogP contribution in [0.15, 0.2) is 0 Å². The summed E-state index contributed by atoms with van der Waals surface area (Å²) in [5.74, 6) is -8.05. The molecule has 38 heavy (non-hydrogen) atoms. The molecule has 2 N–H and O–H groups in total. The summed E-state index contributed by atoms with van der Waals surface area (Å²) in [5, 5.41) is 18.0. The molecule has 214 valence electrons. The zero-order chi connectivity index (χ0) is 29.4. The Bertz CT molecular complexity index is 818. The van der Waals surface area contributed by atoms with Crippen LogP contribution in [-0.4, -0.2) is 108 Å². The Morgan fingerprint density at radius 1 is 0.526 bits per heavy atom. The molecule has 0 rings (SSSR count). The number of aliphatic hydroxyl groups is 2. The molecule has 0 aromatic carbocycles. The summed E-state index contributed by atoms with van der Waals surface area (Å²) in [6.45, 7) is 2.00. The van der Waals surface area contributed by atoms with Gasteiger partial charge in [0.25, 0.3) is 0 Å². The summed E-state index contributed by atoms with van der Waals surface area (Å²) in [4.78, 5) is 92.2. The fourth-order valence-corrected chi connectivity index (χ4v) is 2.02.